The quantitative estimate of drug-likeness (QED) is 0.774. The van der Waals surface area contributed by atoms with Crippen LogP contribution in [0.25, 0.3) is 0 Å². The van der Waals surface area contributed by atoms with E-state index in [2.05, 4.69) is 21.2 Å². The smallest absolute Gasteiger partial charge is 0.321 e. The molecular formula is C11H11BrClFN2O2. The topological polar surface area (TPSA) is 52.6 Å². The van der Waals surface area contributed by atoms with E-state index in [1.54, 1.807) is 0 Å². The maximum atomic E-state index is 13.3. The Kier molecular flexibility index (Phi) is 4.09. The van der Waals surface area contributed by atoms with Gasteiger partial charge in [0.15, 0.2) is 0 Å². The number of carbonyl (C=O) groups excluding carboxylic acids is 1. The van der Waals surface area contributed by atoms with Gasteiger partial charge in [-0.1, -0.05) is 11.6 Å². The summed E-state index contributed by atoms with van der Waals surface area (Å²) in [6.07, 6.45) is 0.0587. The fraction of sp³-hybridized carbons (Fsp3) is 0.364. The predicted octanol–water partition coefficient (Wildman–Crippen LogP) is 2.84. The van der Waals surface area contributed by atoms with Gasteiger partial charge in [-0.15, -0.1) is 0 Å². The second kappa shape index (κ2) is 5.42. The Bertz CT molecular complexity index is 486. The van der Waals surface area contributed by atoms with Crippen molar-refractivity contribution in [3.8, 4) is 0 Å². The molecule has 1 atom stereocenters. The zero-order valence-corrected chi connectivity index (χ0v) is 11.6. The van der Waals surface area contributed by atoms with Crippen LogP contribution in [0.5, 0.6) is 0 Å². The van der Waals surface area contributed by atoms with Crippen LogP contribution in [-0.2, 0) is 0 Å². The molecule has 2 rings (SSSR count). The van der Waals surface area contributed by atoms with Gasteiger partial charge in [0.1, 0.15) is 5.82 Å². The number of aliphatic hydroxyl groups excluding tert-OH is 1. The number of rotatable bonds is 1. The lowest BCUT2D eigenvalue weighted by molar-refractivity contribution is 0.176. The molecule has 2 amide bonds. The molecule has 0 aliphatic carbocycles. The molecule has 0 radical (unpaired) electrons. The van der Waals surface area contributed by atoms with Crippen molar-refractivity contribution in [1.82, 2.24) is 4.90 Å². The minimum Gasteiger partial charge on any atom is -0.391 e. The van der Waals surface area contributed by atoms with Crippen LogP contribution in [0.15, 0.2) is 16.6 Å². The number of hydrogen-bond donors (Lipinski definition) is 2. The first-order chi connectivity index (χ1) is 8.47. The minimum absolute atomic E-state index is 0.212. The average molecular weight is 338 g/mol. The van der Waals surface area contributed by atoms with E-state index >= 15 is 0 Å². The predicted molar refractivity (Wildman–Crippen MR) is 70.3 cm³/mol. The van der Waals surface area contributed by atoms with Gasteiger partial charge in [0.25, 0.3) is 0 Å². The van der Waals surface area contributed by atoms with Gasteiger partial charge >= 0.3 is 6.03 Å². The number of likely N-dealkylation sites (tertiary alicyclic amines) is 1. The number of nitrogens with one attached hydrogen (secondary N) is 1. The number of benzene rings is 1. The first-order valence-electron chi connectivity index (χ1n) is 5.36. The van der Waals surface area contributed by atoms with Gasteiger partial charge in [-0.25, -0.2) is 9.18 Å². The highest BCUT2D eigenvalue weighted by Crippen LogP contribution is 2.28. The monoisotopic (exact) mass is 336 g/mol. The summed E-state index contributed by atoms with van der Waals surface area (Å²) in [6.45, 7) is 0.756. The lowest BCUT2D eigenvalue weighted by Gasteiger charge is -2.17. The van der Waals surface area contributed by atoms with E-state index in [9.17, 15) is 14.3 Å². The van der Waals surface area contributed by atoms with Crippen molar-refractivity contribution in [2.75, 3.05) is 18.4 Å². The molecule has 1 aliphatic rings. The van der Waals surface area contributed by atoms with Gasteiger partial charge in [0.05, 0.1) is 21.3 Å². The molecule has 0 unspecified atom stereocenters. The maximum absolute atomic E-state index is 13.3. The van der Waals surface area contributed by atoms with Gasteiger partial charge in [-0.2, -0.15) is 0 Å². The van der Waals surface area contributed by atoms with Crippen molar-refractivity contribution in [1.29, 1.82) is 0 Å². The number of anilines is 1. The number of hydrogen-bond acceptors (Lipinski definition) is 2. The SMILES string of the molecule is O=C(Nc1cc(F)c(Br)cc1Cl)N1CC[C@@H](O)C1. The van der Waals surface area contributed by atoms with E-state index in [1.165, 1.54) is 11.0 Å². The zero-order valence-electron chi connectivity index (χ0n) is 9.29. The van der Waals surface area contributed by atoms with Crippen molar-refractivity contribution in [2.45, 2.75) is 12.5 Å². The Morgan fingerprint density at radius 3 is 2.94 bits per heavy atom. The third-order valence-corrected chi connectivity index (χ3v) is 3.62. The zero-order chi connectivity index (χ0) is 13.3. The van der Waals surface area contributed by atoms with Crippen LogP contribution < -0.4 is 5.32 Å². The molecule has 1 aliphatic heterocycles. The molecule has 0 spiro atoms. The van der Waals surface area contributed by atoms with E-state index in [-0.39, 0.29) is 21.7 Å². The van der Waals surface area contributed by atoms with Crippen LogP contribution >= 0.6 is 27.5 Å². The molecule has 0 saturated carbocycles. The molecule has 0 aromatic heterocycles. The number of aliphatic hydroxyl groups is 1. The summed E-state index contributed by atoms with van der Waals surface area (Å²) < 4.78 is 13.6. The Morgan fingerprint density at radius 1 is 1.61 bits per heavy atom. The van der Waals surface area contributed by atoms with Gasteiger partial charge in [-0.05, 0) is 28.4 Å². The molecule has 2 N–H and O–H groups in total. The Labute approximate surface area is 117 Å². The molecule has 1 saturated heterocycles. The Morgan fingerprint density at radius 2 is 2.33 bits per heavy atom. The van der Waals surface area contributed by atoms with Crippen molar-refractivity contribution in [2.24, 2.45) is 0 Å². The number of halogens is 3. The Balaban J connectivity index is 2.09. The van der Waals surface area contributed by atoms with E-state index < -0.39 is 18.0 Å². The molecule has 18 heavy (non-hydrogen) atoms. The molecule has 98 valence electrons. The van der Waals surface area contributed by atoms with Crippen LogP contribution in [0.3, 0.4) is 0 Å². The highest BCUT2D eigenvalue weighted by atomic mass is 79.9. The van der Waals surface area contributed by atoms with Crippen molar-refractivity contribution < 1.29 is 14.3 Å². The van der Waals surface area contributed by atoms with Gasteiger partial charge < -0.3 is 15.3 Å². The van der Waals surface area contributed by atoms with E-state index in [1.807, 2.05) is 0 Å². The lowest BCUT2D eigenvalue weighted by Crippen LogP contribution is -2.33. The molecule has 1 aromatic rings. The summed E-state index contributed by atoms with van der Waals surface area (Å²) >= 11 is 8.91. The summed E-state index contributed by atoms with van der Waals surface area (Å²) in [5, 5.41) is 12.1. The number of nitrogens with zero attached hydrogens (tertiary/aromatic N) is 1. The van der Waals surface area contributed by atoms with E-state index in [0.29, 0.717) is 13.0 Å². The summed E-state index contributed by atoms with van der Waals surface area (Å²) in [5.41, 5.74) is 0.212. The number of urea groups is 1. The summed E-state index contributed by atoms with van der Waals surface area (Å²) in [7, 11) is 0. The van der Waals surface area contributed by atoms with Crippen LogP contribution in [0.1, 0.15) is 6.42 Å². The second-order valence-corrected chi connectivity index (χ2v) is 5.33. The molecule has 1 aromatic carbocycles. The van der Waals surface area contributed by atoms with Crippen molar-refractivity contribution in [3.63, 3.8) is 0 Å². The third-order valence-electron chi connectivity index (χ3n) is 2.70. The van der Waals surface area contributed by atoms with Crippen molar-refractivity contribution in [3.05, 3.63) is 27.4 Å². The molecule has 1 fully saturated rings. The highest BCUT2D eigenvalue weighted by Gasteiger charge is 2.25. The van der Waals surface area contributed by atoms with Crippen LogP contribution in [-0.4, -0.2) is 35.2 Å². The van der Waals surface area contributed by atoms with Crippen LogP contribution in [0.2, 0.25) is 5.02 Å². The van der Waals surface area contributed by atoms with E-state index in [0.717, 1.165) is 6.07 Å². The molecule has 0 bridgehead atoms. The normalized spacial score (nSPS) is 19.1. The fourth-order valence-electron chi connectivity index (χ4n) is 1.74. The average Bonchev–Trinajstić information content (AvgIpc) is 2.73. The molecular weight excluding hydrogens is 326 g/mol. The molecule has 7 heteroatoms. The first kappa shape index (κ1) is 13.6. The first-order valence-corrected chi connectivity index (χ1v) is 6.53. The minimum atomic E-state index is -0.504. The number of amides is 2. The molecule has 1 heterocycles. The standard InChI is InChI=1S/C11H11BrClFN2O2/c12-7-3-8(13)10(4-9(7)14)15-11(18)16-2-1-6(17)5-16/h3-4,6,17H,1-2,5H2,(H,15,18)/t6-/m1/s1. The van der Waals surface area contributed by atoms with E-state index in [4.69, 9.17) is 11.6 Å². The van der Waals surface area contributed by atoms with Crippen LogP contribution in [0, 0.1) is 5.82 Å². The van der Waals surface area contributed by atoms with Crippen LogP contribution in [0.4, 0.5) is 14.9 Å². The maximum Gasteiger partial charge on any atom is 0.321 e. The number of carbonyl (C=O) groups is 1. The fourth-order valence-corrected chi connectivity index (χ4v) is 2.42. The Hall–Kier alpha value is -0.850. The largest absolute Gasteiger partial charge is 0.391 e. The number of β-amino-alcohol motifs (C(OH)–C–C–N with tert-alkyl or cyclic N) is 1. The summed E-state index contributed by atoms with van der Waals surface area (Å²) in [5.74, 6) is -0.504. The second-order valence-electron chi connectivity index (χ2n) is 4.06. The molecule has 4 nitrogen and oxygen atoms in total. The lowest BCUT2D eigenvalue weighted by atomic mass is 10.3. The van der Waals surface area contributed by atoms with Gasteiger partial charge in [0.2, 0.25) is 0 Å². The van der Waals surface area contributed by atoms with Gasteiger partial charge in [0, 0.05) is 19.2 Å². The van der Waals surface area contributed by atoms with Gasteiger partial charge in [-0.3, -0.25) is 0 Å². The third kappa shape index (κ3) is 2.93. The highest BCUT2D eigenvalue weighted by molar-refractivity contribution is 9.10. The summed E-state index contributed by atoms with van der Waals surface area (Å²) in [6, 6.07) is 2.14. The summed E-state index contributed by atoms with van der Waals surface area (Å²) in [4.78, 5) is 13.3. The van der Waals surface area contributed by atoms with Crippen molar-refractivity contribution >= 4 is 39.2 Å².